The maximum absolute atomic E-state index is 4.53. The van der Waals surface area contributed by atoms with E-state index in [0.29, 0.717) is 0 Å². The van der Waals surface area contributed by atoms with Crippen LogP contribution in [0, 0.1) is 0 Å². The number of rotatable bonds is 14. The van der Waals surface area contributed by atoms with Crippen LogP contribution in [0.3, 0.4) is 0 Å². The van der Waals surface area contributed by atoms with Gasteiger partial charge in [-0.15, -0.1) is 45.3 Å². The van der Waals surface area contributed by atoms with Crippen molar-refractivity contribution in [2.75, 3.05) is 0 Å². The molecule has 9 heteroatoms. The van der Waals surface area contributed by atoms with E-state index in [4.69, 9.17) is 0 Å². The van der Waals surface area contributed by atoms with Gasteiger partial charge < -0.3 is 0 Å². The highest BCUT2D eigenvalue weighted by Crippen LogP contribution is 2.34. The van der Waals surface area contributed by atoms with Crippen LogP contribution >= 0.6 is 61.3 Å². The molecule has 0 aromatic carbocycles. The maximum Gasteiger partial charge on any atom is 0.134 e. The zero-order chi connectivity index (χ0) is 30.0. The van der Waals surface area contributed by atoms with Crippen LogP contribution in [-0.2, 0) is 12.8 Å². The molecule has 0 bridgehead atoms. The van der Waals surface area contributed by atoms with Crippen molar-refractivity contribution in [2.45, 2.75) is 117 Å². The Labute approximate surface area is 276 Å². The SMILES string of the molecule is CCCCCCc1cc(-c2ncc(Br)s2)sc1[Si](C)(C)C.CCCCCCc1cc(-c2nccs2)sc1[Si](C)(C)C. The number of aromatic nitrogens is 2. The molecule has 0 N–H and O–H groups in total. The highest BCUT2D eigenvalue weighted by molar-refractivity contribution is 9.11. The lowest BCUT2D eigenvalue weighted by molar-refractivity contribution is 0.668. The molecular formula is C32H49BrN2S4Si2. The summed E-state index contributed by atoms with van der Waals surface area (Å²) in [4.78, 5) is 11.7. The Balaban J connectivity index is 0.000000226. The van der Waals surface area contributed by atoms with Crippen molar-refractivity contribution in [3.05, 3.63) is 44.8 Å². The number of halogens is 1. The summed E-state index contributed by atoms with van der Waals surface area (Å²) in [6.07, 6.45) is 17.0. The lowest BCUT2D eigenvalue weighted by Crippen LogP contribution is -2.37. The highest BCUT2D eigenvalue weighted by atomic mass is 79.9. The van der Waals surface area contributed by atoms with Crippen LogP contribution < -0.4 is 9.00 Å². The number of hydrogen-bond acceptors (Lipinski definition) is 6. The average Bonchev–Trinajstić information content (AvgIpc) is 3.69. The molecule has 0 saturated heterocycles. The topological polar surface area (TPSA) is 25.8 Å². The van der Waals surface area contributed by atoms with Gasteiger partial charge in [-0.1, -0.05) is 91.7 Å². The molecule has 0 amide bonds. The quantitative estimate of drug-likeness (QED) is 0.0955. The Morgan fingerprint density at radius 1 is 0.659 bits per heavy atom. The van der Waals surface area contributed by atoms with E-state index in [1.807, 2.05) is 35.1 Å². The van der Waals surface area contributed by atoms with Gasteiger partial charge in [-0.25, -0.2) is 9.97 Å². The third-order valence-electron chi connectivity index (χ3n) is 6.91. The highest BCUT2D eigenvalue weighted by Gasteiger charge is 2.25. The molecule has 0 aliphatic rings. The van der Waals surface area contributed by atoms with E-state index in [0.717, 1.165) is 8.79 Å². The molecule has 4 aromatic heterocycles. The predicted octanol–water partition coefficient (Wildman–Crippen LogP) is 11.8. The Bertz CT molecular complexity index is 1310. The van der Waals surface area contributed by atoms with Crippen molar-refractivity contribution >= 4 is 86.4 Å². The van der Waals surface area contributed by atoms with E-state index in [2.05, 4.69) is 96.5 Å². The fourth-order valence-corrected chi connectivity index (χ4v) is 14.2. The molecule has 0 aliphatic carbocycles. The van der Waals surface area contributed by atoms with Crippen LogP contribution in [0.1, 0.15) is 76.3 Å². The fourth-order valence-electron chi connectivity index (χ4n) is 4.91. The van der Waals surface area contributed by atoms with Crippen molar-refractivity contribution in [1.29, 1.82) is 0 Å². The molecule has 4 heterocycles. The van der Waals surface area contributed by atoms with Gasteiger partial charge in [0.2, 0.25) is 0 Å². The Kier molecular flexibility index (Phi) is 14.2. The van der Waals surface area contributed by atoms with Gasteiger partial charge in [0.1, 0.15) is 10.0 Å². The minimum atomic E-state index is -1.27. The molecule has 4 aromatic rings. The van der Waals surface area contributed by atoms with Crippen LogP contribution in [0.15, 0.2) is 33.7 Å². The number of thiazole rings is 2. The number of aryl methyl sites for hydroxylation is 2. The Hall–Kier alpha value is -0.426. The molecular weight excluding hydrogens is 677 g/mol. The average molecular weight is 726 g/mol. The van der Waals surface area contributed by atoms with Crippen molar-refractivity contribution in [2.24, 2.45) is 0 Å². The molecule has 0 saturated carbocycles. The van der Waals surface area contributed by atoms with Gasteiger partial charge in [0.25, 0.3) is 0 Å². The first-order valence-electron chi connectivity index (χ1n) is 15.2. The van der Waals surface area contributed by atoms with Gasteiger partial charge in [0.15, 0.2) is 0 Å². The Morgan fingerprint density at radius 3 is 1.56 bits per heavy atom. The fraction of sp³-hybridized carbons (Fsp3) is 0.562. The van der Waals surface area contributed by atoms with Crippen LogP contribution in [0.4, 0.5) is 0 Å². The molecule has 2 nitrogen and oxygen atoms in total. The van der Waals surface area contributed by atoms with Crippen molar-refractivity contribution in [1.82, 2.24) is 9.97 Å². The second-order valence-corrected chi connectivity index (χ2v) is 29.0. The first kappa shape index (κ1) is 35.1. The summed E-state index contributed by atoms with van der Waals surface area (Å²) in [6.45, 7) is 19.3. The third-order valence-corrected chi connectivity index (χ3v) is 19.1. The van der Waals surface area contributed by atoms with Crippen molar-refractivity contribution in [3.63, 3.8) is 0 Å². The van der Waals surface area contributed by atoms with Gasteiger partial charge in [-0.3, -0.25) is 0 Å². The molecule has 0 aliphatic heterocycles. The normalized spacial score (nSPS) is 12.0. The Morgan fingerprint density at radius 2 is 1.17 bits per heavy atom. The molecule has 4 rings (SSSR count). The standard InChI is InChI=1S/C16H24BrNS2Si.C16H25NS2Si/c1-5-6-7-8-9-12-10-13(15-18-11-14(17)20-15)19-16(12)21(2,3)4;1-5-6-7-8-9-13-12-14(15-17-10-11-18-15)19-16(13)20(2,3)4/h10-11H,5-9H2,1-4H3;10-12H,5-9H2,1-4H3. The lowest BCUT2D eigenvalue weighted by Gasteiger charge is -2.16. The summed E-state index contributed by atoms with van der Waals surface area (Å²) in [7, 11) is -2.51. The first-order chi connectivity index (χ1) is 19.4. The number of thiophene rings is 2. The summed E-state index contributed by atoms with van der Waals surface area (Å²) in [6, 6.07) is 4.83. The predicted molar refractivity (Wildman–Crippen MR) is 200 cm³/mol. The molecule has 226 valence electrons. The molecule has 0 radical (unpaired) electrons. The van der Waals surface area contributed by atoms with E-state index in [-0.39, 0.29) is 0 Å². The van der Waals surface area contributed by atoms with Gasteiger partial charge in [-0.2, -0.15) is 0 Å². The minimum absolute atomic E-state index is 1.12. The molecule has 41 heavy (non-hydrogen) atoms. The summed E-state index contributed by atoms with van der Waals surface area (Å²) in [5.74, 6) is 0. The zero-order valence-electron chi connectivity index (χ0n) is 26.4. The van der Waals surface area contributed by atoms with Crippen LogP contribution in [0.25, 0.3) is 19.8 Å². The number of nitrogens with zero attached hydrogens (tertiary/aromatic N) is 2. The van der Waals surface area contributed by atoms with E-state index >= 15 is 0 Å². The van der Waals surface area contributed by atoms with Crippen LogP contribution in [-0.4, -0.2) is 26.1 Å². The second kappa shape index (κ2) is 16.6. The second-order valence-electron chi connectivity index (χ2n) is 12.9. The van der Waals surface area contributed by atoms with Gasteiger partial charge in [0, 0.05) is 11.6 Å². The first-order valence-corrected chi connectivity index (χ1v) is 26.3. The summed E-state index contributed by atoms with van der Waals surface area (Å²) in [5.41, 5.74) is 3.20. The number of unbranched alkanes of at least 4 members (excludes halogenated alkanes) is 6. The lowest BCUT2D eigenvalue weighted by atomic mass is 10.1. The summed E-state index contributed by atoms with van der Waals surface area (Å²) >= 11 is 11.0. The molecule has 0 spiro atoms. The monoisotopic (exact) mass is 724 g/mol. The van der Waals surface area contributed by atoms with Crippen molar-refractivity contribution < 1.29 is 0 Å². The maximum atomic E-state index is 4.53. The van der Waals surface area contributed by atoms with E-state index in [1.54, 1.807) is 42.8 Å². The van der Waals surface area contributed by atoms with Crippen LogP contribution in [0.5, 0.6) is 0 Å². The third kappa shape index (κ3) is 10.9. The van der Waals surface area contributed by atoms with Gasteiger partial charge in [0.05, 0.1) is 35.9 Å². The molecule has 0 atom stereocenters. The largest absolute Gasteiger partial charge is 0.244 e. The zero-order valence-corrected chi connectivity index (χ0v) is 33.2. The minimum Gasteiger partial charge on any atom is -0.244 e. The molecule has 0 fully saturated rings. The van der Waals surface area contributed by atoms with E-state index in [9.17, 15) is 0 Å². The molecule has 0 unspecified atom stereocenters. The van der Waals surface area contributed by atoms with Crippen molar-refractivity contribution in [3.8, 4) is 19.8 Å². The van der Waals surface area contributed by atoms with E-state index < -0.39 is 16.1 Å². The van der Waals surface area contributed by atoms with Gasteiger partial charge >= 0.3 is 0 Å². The summed E-state index contributed by atoms with van der Waals surface area (Å²) in [5, 5.41) is 4.42. The smallest absolute Gasteiger partial charge is 0.134 e. The van der Waals surface area contributed by atoms with Gasteiger partial charge in [-0.05, 0) is 73.9 Å². The number of hydrogen-bond donors (Lipinski definition) is 0. The van der Waals surface area contributed by atoms with Crippen LogP contribution in [0.2, 0.25) is 39.3 Å². The van der Waals surface area contributed by atoms with E-state index in [1.165, 1.54) is 79.0 Å². The summed E-state index contributed by atoms with van der Waals surface area (Å²) < 4.78 is 4.46.